The Morgan fingerprint density at radius 1 is 1.00 bits per heavy atom. The molecule has 1 aromatic carbocycles. The molecule has 4 bridgehead atoms. The van der Waals surface area contributed by atoms with Crippen LogP contribution in [-0.4, -0.2) is 84.2 Å². The van der Waals surface area contributed by atoms with Crippen LogP contribution in [0.25, 0.3) is 16.8 Å². The summed E-state index contributed by atoms with van der Waals surface area (Å²) in [7, 11) is -3.89. The van der Waals surface area contributed by atoms with Crippen LogP contribution < -0.4 is 20.1 Å². The fraction of sp³-hybridized carbons (Fsp3) is 0.585. The van der Waals surface area contributed by atoms with Gasteiger partial charge in [-0.2, -0.15) is 0 Å². The van der Waals surface area contributed by atoms with Gasteiger partial charge in [0.15, 0.2) is 0 Å². The number of benzene rings is 1. The van der Waals surface area contributed by atoms with Crippen molar-refractivity contribution in [1.29, 1.82) is 0 Å². The highest BCUT2D eigenvalue weighted by Gasteiger charge is 2.62. The van der Waals surface area contributed by atoms with Gasteiger partial charge in [0.05, 0.1) is 18.4 Å². The lowest BCUT2D eigenvalue weighted by Gasteiger charge is -2.34. The minimum absolute atomic E-state index is 0.0225. The van der Waals surface area contributed by atoms with Crippen LogP contribution in [0.4, 0.5) is 4.79 Å². The van der Waals surface area contributed by atoms with Crippen molar-refractivity contribution >= 4 is 50.7 Å². The average molecular weight is 776 g/mol. The van der Waals surface area contributed by atoms with Gasteiger partial charge >= 0.3 is 6.09 Å². The lowest BCUT2D eigenvalue weighted by molar-refractivity contribution is -0.142. The predicted octanol–water partition coefficient (Wildman–Crippen LogP) is 5.29. The number of cyclic esters (lactones) is 1. The molecular formula is C41H53N5O8S. The number of hydrogen-bond donors (Lipinski definition) is 3. The van der Waals surface area contributed by atoms with Gasteiger partial charge in [-0.3, -0.25) is 19.1 Å². The van der Waals surface area contributed by atoms with Crippen molar-refractivity contribution in [2.75, 3.05) is 13.2 Å². The molecular weight excluding hydrogens is 723 g/mol. The monoisotopic (exact) mass is 775 g/mol. The van der Waals surface area contributed by atoms with Crippen LogP contribution in [0.15, 0.2) is 49.2 Å². The zero-order valence-electron chi connectivity index (χ0n) is 31.4. The van der Waals surface area contributed by atoms with E-state index in [1.165, 1.54) is 11.0 Å². The van der Waals surface area contributed by atoms with E-state index in [1.54, 1.807) is 6.20 Å². The number of sulfonamides is 1. The zero-order chi connectivity index (χ0) is 38.6. The van der Waals surface area contributed by atoms with Crippen molar-refractivity contribution in [3.63, 3.8) is 0 Å². The fourth-order valence-corrected chi connectivity index (χ4v) is 9.75. The second-order valence-electron chi connectivity index (χ2n) is 15.9. The number of allylic oxidation sites excluding steroid dienone is 1. The predicted molar refractivity (Wildman–Crippen MR) is 207 cm³/mol. The Hall–Kier alpha value is -4.46. The molecule has 13 nitrogen and oxygen atoms in total. The standard InChI is InChI=1S/C41H53N5O8S/c1-2-30-25-41(30,39(49)45-55(51,52)32-18-19-32)44-36(47)34-24-31-26-46(34)38(48)35(29-14-10-8-11-15-29)43-40(50)53-22-12-7-5-3-4-6-9-13-27-16-17-28-20-21-42-37(54-31)33(28)23-27/h2,9,13,16-17,20-21,23,29-32,34-35H,1,3-8,10-12,14-15,18-19,22,24-26H2,(H,43,50)(H,44,47)(H,45,49)/b13-9+/t30-,31-,34+,35-,41?/m1/s1. The van der Waals surface area contributed by atoms with Crippen LogP contribution in [0.3, 0.4) is 0 Å². The summed E-state index contributed by atoms with van der Waals surface area (Å²) in [5.74, 6) is -2.15. The normalized spacial score (nSPS) is 29.1. The summed E-state index contributed by atoms with van der Waals surface area (Å²) in [4.78, 5) is 62.0. The molecule has 2 aliphatic heterocycles. The Bertz CT molecular complexity index is 1930. The summed E-state index contributed by atoms with van der Waals surface area (Å²) in [6.07, 6.45) is 17.4. The van der Waals surface area contributed by atoms with Crippen molar-refractivity contribution in [3.8, 4) is 5.88 Å². The molecule has 14 heteroatoms. The molecule has 0 radical (unpaired) electrons. The molecule has 2 aromatic rings. The van der Waals surface area contributed by atoms with Gasteiger partial charge in [0, 0.05) is 23.9 Å². The van der Waals surface area contributed by atoms with E-state index in [1.807, 2.05) is 24.3 Å². The van der Waals surface area contributed by atoms with Crippen molar-refractivity contribution in [1.82, 2.24) is 25.2 Å². The number of hydrogen-bond acceptors (Lipinski definition) is 9. The zero-order valence-corrected chi connectivity index (χ0v) is 32.2. The van der Waals surface area contributed by atoms with Gasteiger partial charge in [0.2, 0.25) is 27.7 Å². The smallest absolute Gasteiger partial charge is 0.407 e. The molecule has 3 aliphatic carbocycles. The molecule has 4 amide bonds. The number of ether oxygens (including phenoxy) is 2. The molecule has 7 rings (SSSR count). The Labute approximate surface area is 323 Å². The molecule has 3 N–H and O–H groups in total. The molecule has 3 heterocycles. The van der Waals surface area contributed by atoms with E-state index in [-0.39, 0.29) is 31.9 Å². The molecule has 3 saturated carbocycles. The maximum Gasteiger partial charge on any atom is 0.407 e. The lowest BCUT2D eigenvalue weighted by Crippen LogP contribution is -2.59. The highest BCUT2D eigenvalue weighted by atomic mass is 32.2. The Morgan fingerprint density at radius 2 is 1.76 bits per heavy atom. The summed E-state index contributed by atoms with van der Waals surface area (Å²) >= 11 is 0. The average Bonchev–Trinajstić information content (AvgIpc) is 4.11. The number of alkyl carbamates (subject to hydrolysis) is 1. The van der Waals surface area contributed by atoms with E-state index in [4.69, 9.17) is 9.47 Å². The number of rotatable bonds is 7. The first-order valence-electron chi connectivity index (χ1n) is 20.0. The van der Waals surface area contributed by atoms with Crippen LogP contribution >= 0.6 is 0 Å². The second kappa shape index (κ2) is 16.7. The van der Waals surface area contributed by atoms with Crippen LogP contribution in [0, 0.1) is 11.8 Å². The Morgan fingerprint density at radius 3 is 2.53 bits per heavy atom. The molecule has 4 fully saturated rings. The molecule has 0 spiro atoms. The van der Waals surface area contributed by atoms with Crippen LogP contribution in [-0.2, 0) is 29.1 Å². The van der Waals surface area contributed by atoms with Gasteiger partial charge in [0.1, 0.15) is 23.7 Å². The largest absolute Gasteiger partial charge is 0.472 e. The van der Waals surface area contributed by atoms with Crippen LogP contribution in [0.1, 0.15) is 102 Å². The minimum Gasteiger partial charge on any atom is -0.472 e. The van der Waals surface area contributed by atoms with Gasteiger partial charge in [-0.25, -0.2) is 18.2 Å². The van der Waals surface area contributed by atoms with Crippen molar-refractivity contribution in [2.45, 2.75) is 125 Å². The number of amides is 4. The maximum atomic E-state index is 14.8. The second-order valence-corrected chi connectivity index (χ2v) is 17.8. The number of carbonyl (C=O) groups is 4. The van der Waals surface area contributed by atoms with Crippen molar-refractivity contribution in [2.24, 2.45) is 11.8 Å². The number of carbonyl (C=O) groups excluding carboxylic acids is 4. The van der Waals surface area contributed by atoms with Crippen LogP contribution in [0.5, 0.6) is 5.88 Å². The van der Waals surface area contributed by atoms with Gasteiger partial charge in [-0.05, 0) is 80.4 Å². The van der Waals surface area contributed by atoms with Crippen molar-refractivity contribution in [3.05, 3.63) is 54.8 Å². The summed E-state index contributed by atoms with van der Waals surface area (Å²) in [6.45, 7) is 4.07. The molecule has 1 unspecified atom stereocenters. The van der Waals surface area contributed by atoms with E-state index in [0.717, 1.165) is 87.0 Å². The molecule has 55 heavy (non-hydrogen) atoms. The van der Waals surface area contributed by atoms with E-state index >= 15 is 0 Å². The summed E-state index contributed by atoms with van der Waals surface area (Å²) in [6, 6.07) is 5.96. The Balaban J connectivity index is 1.20. The molecule has 1 aromatic heterocycles. The third kappa shape index (κ3) is 9.00. The number of nitrogens with one attached hydrogen (secondary N) is 3. The van der Waals surface area contributed by atoms with Crippen LogP contribution in [0.2, 0.25) is 0 Å². The highest BCUT2D eigenvalue weighted by molar-refractivity contribution is 7.91. The summed E-state index contributed by atoms with van der Waals surface area (Å²) < 4.78 is 39.8. The topological polar surface area (TPSA) is 173 Å². The summed E-state index contributed by atoms with van der Waals surface area (Å²) in [5.41, 5.74) is -0.522. The molecule has 5 aliphatic rings. The van der Waals surface area contributed by atoms with E-state index in [9.17, 15) is 27.6 Å². The number of fused-ring (bicyclic) bond motifs is 3. The number of pyridine rings is 1. The summed E-state index contributed by atoms with van der Waals surface area (Å²) in [5, 5.41) is 6.83. The van der Waals surface area contributed by atoms with Gasteiger partial charge in [-0.1, -0.05) is 68.9 Å². The van der Waals surface area contributed by atoms with Gasteiger partial charge in [-0.15, -0.1) is 6.58 Å². The number of aromatic nitrogens is 1. The SMILES string of the molecule is C=C[C@@H]1CC1(NC(=O)[C@@H]1C[C@@H]2CN1C(=O)[C@@H](C1CCCCC1)NC(=O)OCCCCCCC/C=C/c1ccc3ccnc(c3c1)O2)C(=O)NS(=O)(=O)C1CC1. The third-order valence-electron chi connectivity index (χ3n) is 11.8. The third-order valence-corrected chi connectivity index (χ3v) is 13.7. The molecule has 1 saturated heterocycles. The first kappa shape index (κ1) is 38.8. The fourth-order valence-electron chi connectivity index (χ4n) is 8.38. The minimum atomic E-state index is -3.89. The lowest BCUT2D eigenvalue weighted by atomic mass is 9.83. The first-order valence-corrected chi connectivity index (χ1v) is 21.6. The number of nitrogens with zero attached hydrogens (tertiary/aromatic N) is 2. The van der Waals surface area contributed by atoms with Gasteiger partial charge < -0.3 is 25.0 Å². The van der Waals surface area contributed by atoms with E-state index in [2.05, 4.69) is 39.1 Å². The molecule has 296 valence electrons. The quantitative estimate of drug-likeness (QED) is 0.316. The van der Waals surface area contributed by atoms with E-state index < -0.39 is 68.7 Å². The maximum absolute atomic E-state index is 14.8. The Kier molecular flexibility index (Phi) is 11.8. The van der Waals surface area contributed by atoms with Gasteiger partial charge in [0.25, 0.3) is 5.91 Å². The first-order chi connectivity index (χ1) is 26.6. The van der Waals surface area contributed by atoms with Crippen molar-refractivity contribution < 1.29 is 37.1 Å². The highest BCUT2D eigenvalue weighted by Crippen LogP contribution is 2.45. The molecule has 5 atom stereocenters. The van der Waals surface area contributed by atoms with E-state index in [0.29, 0.717) is 18.7 Å².